The number of piperidine rings is 1. The van der Waals surface area contributed by atoms with Crippen LogP contribution in [0.4, 0.5) is 0 Å². The summed E-state index contributed by atoms with van der Waals surface area (Å²) in [6.07, 6.45) is 3.84. The van der Waals surface area contributed by atoms with Crippen molar-refractivity contribution in [2.75, 3.05) is 19.7 Å². The Hall–Kier alpha value is -2.60. The van der Waals surface area contributed by atoms with E-state index in [1.165, 1.54) is 0 Å². The van der Waals surface area contributed by atoms with Crippen LogP contribution in [0.2, 0.25) is 0 Å². The number of carboxylic acids is 1. The number of benzene rings is 1. The summed E-state index contributed by atoms with van der Waals surface area (Å²) >= 11 is 0. The van der Waals surface area contributed by atoms with Crippen molar-refractivity contribution in [3.8, 4) is 5.75 Å². The topological polar surface area (TPSA) is 71.8 Å². The van der Waals surface area contributed by atoms with Crippen LogP contribution >= 0.6 is 0 Å². The second kappa shape index (κ2) is 8.19. The first-order valence-corrected chi connectivity index (χ1v) is 8.84. The molecule has 1 N–H and O–H groups in total. The lowest BCUT2D eigenvalue weighted by Crippen LogP contribution is -2.33. The summed E-state index contributed by atoms with van der Waals surface area (Å²) in [5.74, 6) is 0.0665. The van der Waals surface area contributed by atoms with Gasteiger partial charge in [-0.3, -0.25) is 9.69 Å². The van der Waals surface area contributed by atoms with Crippen molar-refractivity contribution in [2.45, 2.75) is 25.3 Å². The lowest BCUT2D eigenvalue weighted by Gasteiger charge is -2.32. The van der Waals surface area contributed by atoms with Crippen LogP contribution in [0.1, 0.15) is 29.9 Å². The Labute approximate surface area is 152 Å². The van der Waals surface area contributed by atoms with Gasteiger partial charge in [-0.1, -0.05) is 18.2 Å². The van der Waals surface area contributed by atoms with Gasteiger partial charge >= 0.3 is 5.97 Å². The Morgan fingerprint density at radius 3 is 2.65 bits per heavy atom. The Morgan fingerprint density at radius 1 is 1.23 bits per heavy atom. The standard InChI is InChI=1S/C20H24N2O4/c1-21-9-6-16(12-19(21)23)15-7-10-22(11-8-15)13-17-4-2-3-5-18(17)26-14-20(24)25/h2-6,9,12,15H,7-8,10-11,13-14H2,1H3,(H,24,25). The number of nitrogens with zero attached hydrogens (tertiary/aromatic N) is 2. The third kappa shape index (κ3) is 4.52. The molecule has 1 aliphatic rings. The van der Waals surface area contributed by atoms with Gasteiger partial charge in [0, 0.05) is 31.4 Å². The average molecular weight is 356 g/mol. The number of carbonyl (C=O) groups is 1. The SMILES string of the molecule is Cn1ccc(C2CCN(Cc3ccccc3OCC(=O)O)CC2)cc1=O. The van der Waals surface area contributed by atoms with E-state index in [2.05, 4.69) is 4.90 Å². The summed E-state index contributed by atoms with van der Waals surface area (Å²) in [7, 11) is 1.76. The van der Waals surface area contributed by atoms with E-state index < -0.39 is 5.97 Å². The van der Waals surface area contributed by atoms with Crippen molar-refractivity contribution in [3.05, 3.63) is 64.1 Å². The number of hydrogen-bond donors (Lipinski definition) is 1. The minimum absolute atomic E-state index is 0.0365. The lowest BCUT2D eigenvalue weighted by atomic mass is 9.90. The van der Waals surface area contributed by atoms with Crippen molar-refractivity contribution in [2.24, 2.45) is 7.05 Å². The number of ether oxygens (including phenoxy) is 1. The summed E-state index contributed by atoms with van der Waals surface area (Å²) in [6.45, 7) is 2.28. The molecule has 138 valence electrons. The molecule has 3 rings (SSSR count). The lowest BCUT2D eigenvalue weighted by molar-refractivity contribution is -0.139. The maximum Gasteiger partial charge on any atom is 0.341 e. The number of pyridine rings is 1. The van der Waals surface area contributed by atoms with E-state index >= 15 is 0 Å². The highest BCUT2D eigenvalue weighted by atomic mass is 16.5. The van der Waals surface area contributed by atoms with E-state index in [0.717, 1.165) is 43.6 Å². The first kappa shape index (κ1) is 18.2. The van der Waals surface area contributed by atoms with Crippen molar-refractivity contribution in [1.29, 1.82) is 0 Å². The Kier molecular flexibility index (Phi) is 5.73. The molecule has 1 aromatic heterocycles. The molecule has 0 spiro atoms. The van der Waals surface area contributed by atoms with Crippen LogP contribution in [0.15, 0.2) is 47.4 Å². The maximum atomic E-state index is 11.8. The van der Waals surface area contributed by atoms with Gasteiger partial charge in [0.05, 0.1) is 0 Å². The molecule has 0 saturated carbocycles. The minimum atomic E-state index is -0.977. The van der Waals surface area contributed by atoms with E-state index in [1.54, 1.807) is 17.7 Å². The smallest absolute Gasteiger partial charge is 0.341 e. The van der Waals surface area contributed by atoms with Crippen LogP contribution < -0.4 is 10.3 Å². The molecular formula is C20H24N2O4. The van der Waals surface area contributed by atoms with Gasteiger partial charge in [-0.15, -0.1) is 0 Å². The summed E-state index contributed by atoms with van der Waals surface area (Å²) in [4.78, 5) is 24.9. The van der Waals surface area contributed by atoms with Gasteiger partial charge in [0.1, 0.15) is 5.75 Å². The van der Waals surface area contributed by atoms with Crippen molar-refractivity contribution in [3.63, 3.8) is 0 Å². The zero-order valence-corrected chi connectivity index (χ0v) is 14.9. The number of aliphatic carboxylic acids is 1. The first-order chi connectivity index (χ1) is 12.5. The molecule has 1 saturated heterocycles. The molecule has 26 heavy (non-hydrogen) atoms. The number of para-hydroxylation sites is 1. The molecule has 1 aromatic carbocycles. The molecule has 2 heterocycles. The van der Waals surface area contributed by atoms with Gasteiger partial charge in [-0.2, -0.15) is 0 Å². The molecule has 0 bridgehead atoms. The number of hydrogen-bond acceptors (Lipinski definition) is 4. The fourth-order valence-corrected chi connectivity index (χ4v) is 3.40. The maximum absolute atomic E-state index is 11.8. The normalized spacial score (nSPS) is 15.7. The van der Waals surface area contributed by atoms with Gasteiger partial charge in [-0.05, 0) is 49.5 Å². The van der Waals surface area contributed by atoms with Crippen molar-refractivity contribution in [1.82, 2.24) is 9.47 Å². The summed E-state index contributed by atoms with van der Waals surface area (Å²) < 4.78 is 6.98. The predicted octanol–water partition coefficient (Wildman–Crippen LogP) is 2.23. The van der Waals surface area contributed by atoms with E-state index in [0.29, 0.717) is 11.7 Å². The second-order valence-electron chi connectivity index (χ2n) is 6.75. The molecule has 2 aromatic rings. The number of rotatable bonds is 6. The van der Waals surface area contributed by atoms with Gasteiger partial charge in [0.25, 0.3) is 5.56 Å². The van der Waals surface area contributed by atoms with E-state index in [-0.39, 0.29) is 12.2 Å². The monoisotopic (exact) mass is 356 g/mol. The zero-order valence-electron chi connectivity index (χ0n) is 14.9. The number of aromatic nitrogens is 1. The molecule has 0 radical (unpaired) electrons. The van der Waals surface area contributed by atoms with Crippen LogP contribution in [0.25, 0.3) is 0 Å². The van der Waals surface area contributed by atoms with E-state index in [1.807, 2.05) is 36.5 Å². The quantitative estimate of drug-likeness (QED) is 0.859. The van der Waals surface area contributed by atoms with Crippen LogP contribution in [0.5, 0.6) is 5.75 Å². The Bertz CT molecular complexity index is 823. The molecule has 6 nitrogen and oxygen atoms in total. The largest absolute Gasteiger partial charge is 0.482 e. The first-order valence-electron chi connectivity index (χ1n) is 8.84. The summed E-state index contributed by atoms with van der Waals surface area (Å²) in [5.41, 5.74) is 2.16. The van der Waals surface area contributed by atoms with Gasteiger partial charge < -0.3 is 14.4 Å². The molecule has 1 fully saturated rings. The fourth-order valence-electron chi connectivity index (χ4n) is 3.40. The molecule has 0 amide bonds. The minimum Gasteiger partial charge on any atom is -0.482 e. The molecule has 6 heteroatoms. The van der Waals surface area contributed by atoms with Crippen molar-refractivity contribution >= 4 is 5.97 Å². The van der Waals surface area contributed by atoms with Crippen molar-refractivity contribution < 1.29 is 14.6 Å². The second-order valence-corrected chi connectivity index (χ2v) is 6.75. The van der Waals surface area contributed by atoms with E-state index in [4.69, 9.17) is 9.84 Å². The summed E-state index contributed by atoms with van der Waals surface area (Å²) in [6, 6.07) is 11.4. The molecular weight excluding hydrogens is 332 g/mol. The van der Waals surface area contributed by atoms with Crippen LogP contribution in [0.3, 0.4) is 0 Å². The highest BCUT2D eigenvalue weighted by Crippen LogP contribution is 2.29. The van der Waals surface area contributed by atoms with E-state index in [9.17, 15) is 9.59 Å². The third-order valence-electron chi connectivity index (χ3n) is 4.91. The van der Waals surface area contributed by atoms with Gasteiger partial charge in [-0.25, -0.2) is 4.79 Å². The third-order valence-corrected chi connectivity index (χ3v) is 4.91. The highest BCUT2D eigenvalue weighted by molar-refractivity contribution is 5.68. The highest BCUT2D eigenvalue weighted by Gasteiger charge is 2.22. The van der Waals surface area contributed by atoms with Crippen LogP contribution in [-0.4, -0.2) is 40.2 Å². The molecule has 0 unspecified atom stereocenters. The number of carboxylic acid groups (broad SMARTS) is 1. The van der Waals surface area contributed by atoms with Crippen LogP contribution in [-0.2, 0) is 18.4 Å². The predicted molar refractivity (Wildman–Crippen MR) is 98.5 cm³/mol. The van der Waals surface area contributed by atoms with Gasteiger partial charge in [0.15, 0.2) is 6.61 Å². The Balaban J connectivity index is 1.60. The molecule has 0 atom stereocenters. The number of likely N-dealkylation sites (tertiary alicyclic amines) is 1. The van der Waals surface area contributed by atoms with Crippen LogP contribution in [0, 0.1) is 0 Å². The zero-order chi connectivity index (χ0) is 18.5. The molecule has 1 aliphatic heterocycles. The van der Waals surface area contributed by atoms with Gasteiger partial charge in [0.2, 0.25) is 0 Å². The summed E-state index contributed by atoms with van der Waals surface area (Å²) in [5, 5.41) is 8.80. The Morgan fingerprint density at radius 2 is 1.96 bits per heavy atom. The fraction of sp³-hybridized carbons (Fsp3) is 0.400. The number of aryl methyl sites for hydroxylation is 1. The average Bonchev–Trinajstić information content (AvgIpc) is 2.64. The molecule has 0 aliphatic carbocycles.